The first-order chi connectivity index (χ1) is 7.65. The van der Waals surface area contributed by atoms with E-state index in [1.807, 2.05) is 0 Å². The second-order valence-electron chi connectivity index (χ2n) is 5.69. The summed E-state index contributed by atoms with van der Waals surface area (Å²) in [6.07, 6.45) is 8.95. The lowest BCUT2D eigenvalue weighted by Crippen LogP contribution is -2.34. The molecular formula is C13H30N2S. The SMILES string of the molecule is C1CCC2(C1)CCNCC2.CC(C)C.NS. The molecular weight excluding hydrogens is 216 g/mol. The number of nitrogens with two attached hydrogens (primary N) is 1. The lowest BCUT2D eigenvalue weighted by Gasteiger charge is -2.33. The van der Waals surface area contributed by atoms with Gasteiger partial charge >= 0.3 is 0 Å². The van der Waals surface area contributed by atoms with Crippen LogP contribution in [0, 0.1) is 11.3 Å². The van der Waals surface area contributed by atoms with E-state index in [9.17, 15) is 0 Å². The number of nitrogens with one attached hydrogen (secondary N) is 1. The van der Waals surface area contributed by atoms with Crippen molar-refractivity contribution in [1.82, 2.24) is 5.32 Å². The Hall–Kier alpha value is 0.270. The van der Waals surface area contributed by atoms with Crippen LogP contribution in [-0.4, -0.2) is 13.1 Å². The predicted molar refractivity (Wildman–Crippen MR) is 76.7 cm³/mol. The van der Waals surface area contributed by atoms with Gasteiger partial charge in [-0.3, -0.25) is 5.14 Å². The van der Waals surface area contributed by atoms with Crippen molar-refractivity contribution in [3.63, 3.8) is 0 Å². The zero-order valence-corrected chi connectivity index (χ0v) is 12.2. The van der Waals surface area contributed by atoms with Crippen molar-refractivity contribution in [2.75, 3.05) is 13.1 Å². The second-order valence-corrected chi connectivity index (χ2v) is 5.69. The molecule has 1 saturated heterocycles. The summed E-state index contributed by atoms with van der Waals surface area (Å²) < 4.78 is 0. The molecule has 1 aliphatic carbocycles. The van der Waals surface area contributed by atoms with Crippen LogP contribution in [0.25, 0.3) is 0 Å². The molecule has 98 valence electrons. The van der Waals surface area contributed by atoms with Gasteiger partial charge in [0.25, 0.3) is 0 Å². The average Bonchev–Trinajstić information content (AvgIpc) is 2.70. The molecule has 1 aliphatic heterocycles. The lowest BCUT2D eigenvalue weighted by atomic mass is 9.78. The maximum atomic E-state index is 4.19. The van der Waals surface area contributed by atoms with Crippen LogP contribution in [0.4, 0.5) is 0 Å². The summed E-state index contributed by atoms with van der Waals surface area (Å²) in [5, 5.41) is 7.63. The van der Waals surface area contributed by atoms with E-state index < -0.39 is 0 Å². The molecule has 2 nitrogen and oxygen atoms in total. The van der Waals surface area contributed by atoms with E-state index in [1.54, 1.807) is 0 Å². The highest BCUT2D eigenvalue weighted by Gasteiger charge is 2.34. The molecule has 1 saturated carbocycles. The van der Waals surface area contributed by atoms with Gasteiger partial charge in [0, 0.05) is 0 Å². The maximum Gasteiger partial charge on any atom is -0.00436 e. The Morgan fingerprint density at radius 1 is 0.938 bits per heavy atom. The number of rotatable bonds is 0. The van der Waals surface area contributed by atoms with Gasteiger partial charge in [-0.05, 0) is 50.1 Å². The maximum absolute atomic E-state index is 4.19. The summed E-state index contributed by atoms with van der Waals surface area (Å²) in [4.78, 5) is 0. The first kappa shape index (κ1) is 16.3. The zero-order chi connectivity index (χ0) is 12.4. The van der Waals surface area contributed by atoms with Crippen molar-refractivity contribution in [2.24, 2.45) is 16.5 Å². The van der Waals surface area contributed by atoms with E-state index >= 15 is 0 Å². The molecule has 2 fully saturated rings. The second kappa shape index (κ2) is 9.32. The third-order valence-electron chi connectivity index (χ3n) is 3.33. The first-order valence-corrected chi connectivity index (χ1v) is 7.13. The van der Waals surface area contributed by atoms with E-state index in [4.69, 9.17) is 0 Å². The van der Waals surface area contributed by atoms with E-state index in [2.05, 4.69) is 44.0 Å². The third kappa shape index (κ3) is 6.77. The van der Waals surface area contributed by atoms with Crippen molar-refractivity contribution in [1.29, 1.82) is 0 Å². The summed E-state index contributed by atoms with van der Waals surface area (Å²) in [6.45, 7) is 9.06. The summed E-state index contributed by atoms with van der Waals surface area (Å²) >= 11 is 3.03. The molecule has 0 amide bonds. The van der Waals surface area contributed by atoms with Crippen molar-refractivity contribution >= 4 is 12.8 Å². The van der Waals surface area contributed by atoms with Crippen LogP contribution in [-0.2, 0) is 0 Å². The molecule has 0 bridgehead atoms. The number of thiol groups is 1. The fourth-order valence-corrected chi connectivity index (χ4v) is 2.58. The zero-order valence-electron chi connectivity index (χ0n) is 11.3. The van der Waals surface area contributed by atoms with Crippen molar-refractivity contribution < 1.29 is 0 Å². The fourth-order valence-electron chi connectivity index (χ4n) is 2.58. The molecule has 0 aromatic carbocycles. The molecule has 2 rings (SSSR count). The van der Waals surface area contributed by atoms with Crippen LogP contribution in [0.1, 0.15) is 59.3 Å². The quantitative estimate of drug-likeness (QED) is 0.573. The monoisotopic (exact) mass is 246 g/mol. The van der Waals surface area contributed by atoms with Crippen molar-refractivity contribution in [3.8, 4) is 0 Å². The smallest absolute Gasteiger partial charge is 0.00436 e. The molecule has 0 unspecified atom stereocenters. The van der Waals surface area contributed by atoms with E-state index in [1.165, 1.54) is 51.6 Å². The molecule has 3 heteroatoms. The van der Waals surface area contributed by atoms with Gasteiger partial charge in [-0.1, -0.05) is 33.6 Å². The fraction of sp³-hybridized carbons (Fsp3) is 1.00. The molecule has 0 atom stereocenters. The predicted octanol–water partition coefficient (Wildman–Crippen LogP) is 3.38. The minimum Gasteiger partial charge on any atom is -0.317 e. The van der Waals surface area contributed by atoms with E-state index in [0.29, 0.717) is 0 Å². The van der Waals surface area contributed by atoms with Crippen LogP contribution in [0.2, 0.25) is 0 Å². The van der Waals surface area contributed by atoms with E-state index in [-0.39, 0.29) is 0 Å². The van der Waals surface area contributed by atoms with Crippen molar-refractivity contribution in [2.45, 2.75) is 59.3 Å². The Bertz CT molecular complexity index is 143. The highest BCUT2D eigenvalue weighted by atomic mass is 32.1. The van der Waals surface area contributed by atoms with Gasteiger partial charge < -0.3 is 5.32 Å². The van der Waals surface area contributed by atoms with Gasteiger partial charge in [0.05, 0.1) is 0 Å². The molecule has 1 heterocycles. The summed E-state index contributed by atoms with van der Waals surface area (Å²) in [5.74, 6) is 0.833. The van der Waals surface area contributed by atoms with Crippen LogP contribution in [0.15, 0.2) is 0 Å². The van der Waals surface area contributed by atoms with Gasteiger partial charge in [-0.25, -0.2) is 0 Å². The van der Waals surface area contributed by atoms with Crippen LogP contribution in [0.3, 0.4) is 0 Å². The van der Waals surface area contributed by atoms with Crippen molar-refractivity contribution in [3.05, 3.63) is 0 Å². The van der Waals surface area contributed by atoms with Crippen LogP contribution < -0.4 is 10.5 Å². The summed E-state index contributed by atoms with van der Waals surface area (Å²) in [7, 11) is 0. The number of hydrogen-bond donors (Lipinski definition) is 3. The highest BCUT2D eigenvalue weighted by Crippen LogP contribution is 2.44. The standard InChI is InChI=1S/C9H17N.C4H10.H3NS/c1-2-4-9(3-1)5-7-10-8-6-9;1-4(2)3;1-2/h10H,1-8H2;4H,1-3H3;2H,1H2. The van der Waals surface area contributed by atoms with Gasteiger partial charge in [-0.15, -0.1) is 12.8 Å². The lowest BCUT2D eigenvalue weighted by molar-refractivity contribution is 0.210. The molecule has 0 aromatic heterocycles. The third-order valence-corrected chi connectivity index (χ3v) is 3.33. The number of hydrogen-bond acceptors (Lipinski definition) is 3. The molecule has 1 spiro atoms. The molecule has 0 radical (unpaired) electrons. The Morgan fingerprint density at radius 3 is 1.69 bits per heavy atom. The van der Waals surface area contributed by atoms with Crippen LogP contribution in [0.5, 0.6) is 0 Å². The Balaban J connectivity index is 0.000000323. The summed E-state index contributed by atoms with van der Waals surface area (Å²) in [6, 6.07) is 0. The van der Waals surface area contributed by atoms with Gasteiger partial charge in [-0.2, -0.15) is 0 Å². The van der Waals surface area contributed by atoms with Gasteiger partial charge in [0.1, 0.15) is 0 Å². The molecule has 16 heavy (non-hydrogen) atoms. The summed E-state index contributed by atoms with van der Waals surface area (Å²) in [5.41, 5.74) is 0.811. The minimum atomic E-state index is 0.811. The Kier molecular flexibility index (Phi) is 9.47. The first-order valence-electron chi connectivity index (χ1n) is 6.61. The molecule has 3 N–H and O–H groups in total. The molecule has 2 aliphatic rings. The largest absolute Gasteiger partial charge is 0.317 e. The van der Waals surface area contributed by atoms with Crippen LogP contribution >= 0.6 is 12.8 Å². The van der Waals surface area contributed by atoms with Gasteiger partial charge in [0.15, 0.2) is 0 Å². The Labute approximate surface area is 107 Å². The topological polar surface area (TPSA) is 38.0 Å². The van der Waals surface area contributed by atoms with E-state index in [0.717, 1.165) is 11.3 Å². The molecule has 0 aromatic rings. The van der Waals surface area contributed by atoms with Gasteiger partial charge in [0.2, 0.25) is 0 Å². The number of piperidine rings is 1. The highest BCUT2D eigenvalue weighted by molar-refractivity contribution is 7.77. The minimum absolute atomic E-state index is 0.811. The Morgan fingerprint density at radius 2 is 1.31 bits per heavy atom. The average molecular weight is 246 g/mol. The normalized spacial score (nSPS) is 22.1.